The zero-order valence-electron chi connectivity index (χ0n) is 14.9. The fourth-order valence-electron chi connectivity index (χ4n) is 2.75. The van der Waals surface area contributed by atoms with Crippen molar-refractivity contribution in [2.24, 2.45) is 0 Å². The Morgan fingerprint density at radius 2 is 1.58 bits per heavy atom. The van der Waals surface area contributed by atoms with Crippen molar-refractivity contribution in [2.75, 3.05) is 12.4 Å². The Morgan fingerprint density at radius 3 is 2.12 bits per heavy atom. The van der Waals surface area contributed by atoms with E-state index >= 15 is 0 Å². The summed E-state index contributed by atoms with van der Waals surface area (Å²) in [5.41, 5.74) is 4.74. The first-order valence-corrected chi connectivity index (χ1v) is 10.0. The Hall–Kier alpha value is -1.81. The molecule has 0 amide bonds. The summed E-state index contributed by atoms with van der Waals surface area (Å²) in [6.07, 6.45) is 0.513. The molecule has 0 bridgehead atoms. The lowest BCUT2D eigenvalue weighted by atomic mass is 9.95. The molecule has 0 saturated heterocycles. The first-order chi connectivity index (χ1) is 11.3. The molecule has 2 rings (SSSR count). The minimum atomic E-state index is -2.99. The van der Waals surface area contributed by atoms with Gasteiger partial charge in [0.2, 0.25) is 0 Å². The Labute approximate surface area is 145 Å². The number of hydrogen-bond acceptors (Lipinski definition) is 3. The van der Waals surface area contributed by atoms with Gasteiger partial charge in [0.25, 0.3) is 0 Å². The zero-order chi connectivity index (χ0) is 17.7. The van der Waals surface area contributed by atoms with Gasteiger partial charge in [-0.25, -0.2) is 8.42 Å². The monoisotopic (exact) mass is 346 g/mol. The van der Waals surface area contributed by atoms with E-state index in [1.165, 1.54) is 11.1 Å². The summed E-state index contributed by atoms with van der Waals surface area (Å²) in [7, 11) is -2.99. The average Bonchev–Trinajstić information content (AvgIpc) is 2.52. The van der Waals surface area contributed by atoms with Crippen molar-refractivity contribution in [1.29, 1.82) is 0 Å². The van der Waals surface area contributed by atoms with Gasteiger partial charge in [-0.05, 0) is 68.5 Å². The summed E-state index contributed by atoms with van der Waals surface area (Å²) in [6, 6.07) is 14.3. The second kappa shape index (κ2) is 7.84. The lowest BCUT2D eigenvalue weighted by molar-refractivity contribution is 0.317. The van der Waals surface area contributed by atoms with Crippen molar-refractivity contribution in [3.63, 3.8) is 0 Å². The van der Waals surface area contributed by atoms with Crippen LogP contribution in [0, 0.1) is 13.8 Å². The van der Waals surface area contributed by atoms with E-state index in [1.54, 1.807) is 13.8 Å². The molecule has 0 radical (unpaired) electrons. The molecule has 0 saturated carbocycles. The molecule has 2 aromatic rings. The van der Waals surface area contributed by atoms with Crippen LogP contribution in [0.15, 0.2) is 42.5 Å². The molecule has 0 aliphatic carbocycles. The van der Waals surface area contributed by atoms with E-state index in [0.29, 0.717) is 13.0 Å². The standard InChI is InChI=1S/C20H26O3S/c1-15(2)24(21,22)12-8-11-23-19-13-16(3)20(17(4)14-19)18-9-6-5-7-10-18/h5-7,9-10,13-15H,8,11-12H2,1-4H3. The lowest BCUT2D eigenvalue weighted by Crippen LogP contribution is -2.19. The highest BCUT2D eigenvalue weighted by molar-refractivity contribution is 7.91. The van der Waals surface area contributed by atoms with E-state index in [4.69, 9.17) is 4.74 Å². The van der Waals surface area contributed by atoms with Crippen molar-refractivity contribution in [3.8, 4) is 16.9 Å². The van der Waals surface area contributed by atoms with Gasteiger partial charge in [-0.1, -0.05) is 30.3 Å². The van der Waals surface area contributed by atoms with E-state index in [1.807, 2.05) is 30.3 Å². The van der Waals surface area contributed by atoms with E-state index < -0.39 is 9.84 Å². The van der Waals surface area contributed by atoms with Crippen LogP contribution >= 0.6 is 0 Å². The van der Waals surface area contributed by atoms with Gasteiger partial charge in [0.05, 0.1) is 17.6 Å². The number of aryl methyl sites for hydroxylation is 2. The maximum Gasteiger partial charge on any atom is 0.152 e. The maximum atomic E-state index is 11.8. The molecule has 0 aliphatic rings. The average molecular weight is 346 g/mol. The fraction of sp³-hybridized carbons (Fsp3) is 0.400. The number of benzene rings is 2. The fourth-order valence-corrected chi connectivity index (χ4v) is 3.74. The number of sulfone groups is 1. The maximum absolute atomic E-state index is 11.8. The predicted octanol–water partition coefficient (Wildman–Crippen LogP) is 4.56. The Morgan fingerprint density at radius 1 is 1.00 bits per heavy atom. The molecule has 24 heavy (non-hydrogen) atoms. The summed E-state index contributed by atoms with van der Waals surface area (Å²) in [6.45, 7) is 7.99. The van der Waals surface area contributed by atoms with Gasteiger partial charge in [0.1, 0.15) is 5.75 Å². The largest absolute Gasteiger partial charge is 0.494 e. The molecule has 0 fully saturated rings. The smallest absolute Gasteiger partial charge is 0.152 e. The second-order valence-corrected chi connectivity index (χ2v) is 9.09. The van der Waals surface area contributed by atoms with Crippen LogP contribution in [0.3, 0.4) is 0 Å². The van der Waals surface area contributed by atoms with Gasteiger partial charge in [0.15, 0.2) is 9.84 Å². The quantitative estimate of drug-likeness (QED) is 0.690. The van der Waals surface area contributed by atoms with Crippen molar-refractivity contribution in [2.45, 2.75) is 39.4 Å². The molecule has 2 aromatic carbocycles. The third-order valence-electron chi connectivity index (χ3n) is 4.13. The number of ether oxygens (including phenoxy) is 1. The summed E-state index contributed by atoms with van der Waals surface area (Å²) in [5, 5.41) is -0.327. The minimum absolute atomic E-state index is 0.171. The van der Waals surface area contributed by atoms with Gasteiger partial charge in [0, 0.05) is 0 Å². The molecule has 130 valence electrons. The number of hydrogen-bond donors (Lipinski definition) is 0. The van der Waals surface area contributed by atoms with Gasteiger partial charge in [-0.15, -0.1) is 0 Å². The van der Waals surface area contributed by atoms with Crippen LogP contribution in [0.25, 0.3) is 11.1 Å². The number of rotatable bonds is 7. The Bertz CT molecular complexity index is 755. The second-order valence-electron chi connectivity index (χ2n) is 6.42. The molecular weight excluding hydrogens is 320 g/mol. The molecule has 0 spiro atoms. The van der Waals surface area contributed by atoms with E-state index in [0.717, 1.165) is 16.9 Å². The van der Waals surface area contributed by atoms with Crippen LogP contribution in [0.1, 0.15) is 31.4 Å². The van der Waals surface area contributed by atoms with Crippen molar-refractivity contribution < 1.29 is 13.2 Å². The Balaban J connectivity index is 2.04. The zero-order valence-corrected chi connectivity index (χ0v) is 15.7. The van der Waals surface area contributed by atoms with E-state index in [-0.39, 0.29) is 11.0 Å². The molecule has 0 heterocycles. The van der Waals surface area contributed by atoms with Crippen LogP contribution in [0.4, 0.5) is 0 Å². The van der Waals surface area contributed by atoms with Crippen molar-refractivity contribution in [3.05, 3.63) is 53.6 Å². The normalized spacial score (nSPS) is 11.7. The summed E-state index contributed by atoms with van der Waals surface area (Å²) in [5.74, 6) is 0.969. The highest BCUT2D eigenvalue weighted by atomic mass is 32.2. The highest BCUT2D eigenvalue weighted by Crippen LogP contribution is 2.30. The van der Waals surface area contributed by atoms with Gasteiger partial charge in [-0.2, -0.15) is 0 Å². The summed E-state index contributed by atoms with van der Waals surface area (Å²) >= 11 is 0. The molecule has 0 aliphatic heterocycles. The van der Waals surface area contributed by atoms with Crippen LogP contribution in [-0.2, 0) is 9.84 Å². The van der Waals surface area contributed by atoms with Crippen molar-refractivity contribution >= 4 is 9.84 Å². The summed E-state index contributed by atoms with van der Waals surface area (Å²) in [4.78, 5) is 0. The molecule has 0 N–H and O–H groups in total. The van der Waals surface area contributed by atoms with Gasteiger partial charge >= 0.3 is 0 Å². The van der Waals surface area contributed by atoms with E-state index in [2.05, 4.69) is 26.0 Å². The van der Waals surface area contributed by atoms with Crippen molar-refractivity contribution in [1.82, 2.24) is 0 Å². The van der Waals surface area contributed by atoms with E-state index in [9.17, 15) is 8.42 Å². The molecule has 3 nitrogen and oxygen atoms in total. The summed E-state index contributed by atoms with van der Waals surface area (Å²) < 4.78 is 29.4. The van der Waals surface area contributed by atoms with Crippen LogP contribution < -0.4 is 4.74 Å². The van der Waals surface area contributed by atoms with Crippen LogP contribution in [0.2, 0.25) is 0 Å². The lowest BCUT2D eigenvalue weighted by Gasteiger charge is -2.14. The molecule has 0 unspecified atom stereocenters. The molecule has 4 heteroatoms. The topological polar surface area (TPSA) is 43.4 Å². The Kier molecular flexibility index (Phi) is 6.05. The SMILES string of the molecule is Cc1cc(OCCCS(=O)(=O)C(C)C)cc(C)c1-c1ccccc1. The van der Waals surface area contributed by atoms with Crippen LogP contribution in [-0.4, -0.2) is 26.0 Å². The first-order valence-electron chi connectivity index (χ1n) is 8.32. The molecule has 0 atom stereocenters. The van der Waals surface area contributed by atoms with Gasteiger partial charge in [-0.3, -0.25) is 0 Å². The predicted molar refractivity (Wildman–Crippen MR) is 100 cm³/mol. The first kappa shape index (κ1) is 18.5. The minimum Gasteiger partial charge on any atom is -0.494 e. The third-order valence-corrected chi connectivity index (χ3v) is 6.42. The van der Waals surface area contributed by atoms with Crippen LogP contribution in [0.5, 0.6) is 5.75 Å². The third kappa shape index (κ3) is 4.60. The molecular formula is C20H26O3S. The highest BCUT2D eigenvalue weighted by Gasteiger charge is 2.15. The van der Waals surface area contributed by atoms with Gasteiger partial charge < -0.3 is 4.74 Å². The molecule has 0 aromatic heterocycles.